The van der Waals surface area contributed by atoms with Crippen molar-refractivity contribution < 1.29 is 9.53 Å². The molecule has 1 aromatic heterocycles. The Bertz CT molecular complexity index is 839. The van der Waals surface area contributed by atoms with Crippen molar-refractivity contribution in [1.82, 2.24) is 9.78 Å². The molecule has 0 spiro atoms. The highest BCUT2D eigenvalue weighted by Gasteiger charge is 2.16. The van der Waals surface area contributed by atoms with Gasteiger partial charge in [0.15, 0.2) is 0 Å². The predicted molar refractivity (Wildman–Crippen MR) is 98.1 cm³/mol. The van der Waals surface area contributed by atoms with Crippen LogP contribution in [-0.4, -0.2) is 22.8 Å². The van der Waals surface area contributed by atoms with Crippen LogP contribution in [0.15, 0.2) is 60.8 Å². The van der Waals surface area contributed by atoms with Crippen molar-refractivity contribution in [2.75, 3.05) is 12.4 Å². The van der Waals surface area contributed by atoms with Gasteiger partial charge in [0.25, 0.3) is 5.91 Å². The number of benzene rings is 2. The van der Waals surface area contributed by atoms with Crippen LogP contribution in [-0.2, 0) is 13.0 Å². The van der Waals surface area contributed by atoms with E-state index in [-0.39, 0.29) is 5.91 Å². The molecule has 128 valence electrons. The second-order valence-corrected chi connectivity index (χ2v) is 5.68. The summed E-state index contributed by atoms with van der Waals surface area (Å²) in [6, 6.07) is 17.4. The number of rotatable bonds is 6. The van der Waals surface area contributed by atoms with Gasteiger partial charge in [-0.05, 0) is 36.2 Å². The van der Waals surface area contributed by atoms with E-state index >= 15 is 0 Å². The second-order valence-electron chi connectivity index (χ2n) is 5.68. The van der Waals surface area contributed by atoms with Crippen LogP contribution in [0.3, 0.4) is 0 Å². The van der Waals surface area contributed by atoms with Crippen LogP contribution in [0.4, 0.5) is 5.69 Å². The van der Waals surface area contributed by atoms with Gasteiger partial charge in [-0.15, -0.1) is 0 Å². The molecule has 0 radical (unpaired) electrons. The maximum absolute atomic E-state index is 12.6. The minimum Gasteiger partial charge on any atom is -0.497 e. The highest BCUT2D eigenvalue weighted by molar-refractivity contribution is 6.05. The van der Waals surface area contributed by atoms with Gasteiger partial charge in [0, 0.05) is 5.69 Å². The fourth-order valence-corrected chi connectivity index (χ4v) is 2.74. The molecule has 2 aromatic carbocycles. The van der Waals surface area contributed by atoms with Crippen LogP contribution in [0, 0.1) is 0 Å². The van der Waals surface area contributed by atoms with E-state index in [0.717, 1.165) is 29.1 Å². The van der Waals surface area contributed by atoms with Crippen molar-refractivity contribution in [2.24, 2.45) is 0 Å². The molecule has 1 N–H and O–H groups in total. The average molecular weight is 335 g/mol. The smallest absolute Gasteiger partial charge is 0.259 e. The number of anilines is 1. The monoisotopic (exact) mass is 335 g/mol. The molecule has 5 heteroatoms. The number of nitrogens with zero attached hydrogens (tertiary/aromatic N) is 2. The summed E-state index contributed by atoms with van der Waals surface area (Å²) in [6.45, 7) is 2.68. The zero-order valence-corrected chi connectivity index (χ0v) is 14.4. The first kappa shape index (κ1) is 16.8. The molecule has 1 heterocycles. The normalized spacial score (nSPS) is 10.5. The summed E-state index contributed by atoms with van der Waals surface area (Å²) in [7, 11) is 1.61. The lowest BCUT2D eigenvalue weighted by Gasteiger charge is -2.09. The topological polar surface area (TPSA) is 56.1 Å². The maximum Gasteiger partial charge on any atom is 0.259 e. The fourth-order valence-electron chi connectivity index (χ4n) is 2.74. The average Bonchev–Trinajstić information content (AvgIpc) is 3.06. The standard InChI is InChI=1S/C20H21N3O2/c1-3-19-18(13-21-23(19)14-15-7-5-4-6-8-15)20(24)22-16-9-11-17(25-2)12-10-16/h4-13H,3,14H2,1-2H3,(H,22,24). The lowest BCUT2D eigenvalue weighted by molar-refractivity contribution is 0.102. The van der Waals surface area contributed by atoms with Crippen molar-refractivity contribution in [1.29, 1.82) is 0 Å². The molecule has 0 saturated heterocycles. The Labute approximate surface area is 147 Å². The lowest BCUT2D eigenvalue weighted by Crippen LogP contribution is -2.15. The minimum absolute atomic E-state index is 0.152. The molecule has 0 aliphatic carbocycles. The zero-order valence-electron chi connectivity index (χ0n) is 14.4. The molecule has 25 heavy (non-hydrogen) atoms. The number of hydrogen-bond donors (Lipinski definition) is 1. The van der Waals surface area contributed by atoms with Crippen molar-refractivity contribution in [3.05, 3.63) is 77.6 Å². The first-order chi connectivity index (χ1) is 12.2. The van der Waals surface area contributed by atoms with Gasteiger partial charge in [0.1, 0.15) is 5.75 Å². The second kappa shape index (κ2) is 7.66. The molecular weight excluding hydrogens is 314 g/mol. The zero-order chi connectivity index (χ0) is 17.6. The lowest BCUT2D eigenvalue weighted by atomic mass is 10.1. The molecule has 0 atom stereocenters. The maximum atomic E-state index is 12.6. The Hall–Kier alpha value is -3.08. The van der Waals surface area contributed by atoms with Gasteiger partial charge in [-0.3, -0.25) is 9.48 Å². The number of methoxy groups -OCH3 is 1. The summed E-state index contributed by atoms with van der Waals surface area (Å²) >= 11 is 0. The number of nitrogens with one attached hydrogen (secondary N) is 1. The molecule has 0 aliphatic rings. The van der Waals surface area contributed by atoms with Gasteiger partial charge in [-0.2, -0.15) is 5.10 Å². The largest absolute Gasteiger partial charge is 0.497 e. The minimum atomic E-state index is -0.152. The number of hydrogen-bond acceptors (Lipinski definition) is 3. The number of carbonyl (C=O) groups excluding carboxylic acids is 1. The summed E-state index contributed by atoms with van der Waals surface area (Å²) in [5.74, 6) is 0.601. The molecule has 5 nitrogen and oxygen atoms in total. The molecule has 1 amide bonds. The number of amides is 1. The van der Waals surface area contributed by atoms with E-state index in [1.165, 1.54) is 0 Å². The summed E-state index contributed by atoms with van der Waals surface area (Å²) < 4.78 is 7.02. The molecule has 0 unspecified atom stereocenters. The van der Waals surface area contributed by atoms with Crippen LogP contribution in [0.1, 0.15) is 28.5 Å². The summed E-state index contributed by atoms with van der Waals surface area (Å²) in [5, 5.41) is 7.32. The summed E-state index contributed by atoms with van der Waals surface area (Å²) in [4.78, 5) is 12.6. The predicted octanol–water partition coefficient (Wildman–Crippen LogP) is 3.75. The Morgan fingerprint density at radius 3 is 2.48 bits per heavy atom. The van der Waals surface area contributed by atoms with Gasteiger partial charge >= 0.3 is 0 Å². The van der Waals surface area contributed by atoms with Gasteiger partial charge < -0.3 is 10.1 Å². The van der Waals surface area contributed by atoms with Crippen LogP contribution in [0.2, 0.25) is 0 Å². The van der Waals surface area contributed by atoms with E-state index in [1.807, 2.05) is 54.1 Å². The molecule has 3 rings (SSSR count). The number of aromatic nitrogens is 2. The van der Waals surface area contributed by atoms with E-state index in [4.69, 9.17) is 4.74 Å². The Kier molecular flexibility index (Phi) is 5.14. The highest BCUT2D eigenvalue weighted by atomic mass is 16.5. The van der Waals surface area contributed by atoms with Crippen molar-refractivity contribution >= 4 is 11.6 Å². The van der Waals surface area contributed by atoms with Crippen molar-refractivity contribution in [3.63, 3.8) is 0 Å². The molecular formula is C20H21N3O2. The SMILES string of the molecule is CCc1c(C(=O)Nc2ccc(OC)cc2)cnn1Cc1ccccc1. The van der Waals surface area contributed by atoms with Gasteiger partial charge in [-0.25, -0.2) is 0 Å². The first-order valence-corrected chi connectivity index (χ1v) is 8.25. The first-order valence-electron chi connectivity index (χ1n) is 8.25. The van der Waals surface area contributed by atoms with E-state index in [0.29, 0.717) is 12.1 Å². The van der Waals surface area contributed by atoms with Crippen LogP contribution in [0.25, 0.3) is 0 Å². The fraction of sp³-hybridized carbons (Fsp3) is 0.200. The Balaban J connectivity index is 1.78. The van der Waals surface area contributed by atoms with Crippen molar-refractivity contribution in [2.45, 2.75) is 19.9 Å². The van der Waals surface area contributed by atoms with E-state index in [1.54, 1.807) is 13.3 Å². The van der Waals surface area contributed by atoms with E-state index in [2.05, 4.69) is 22.5 Å². The third-order valence-electron chi connectivity index (χ3n) is 4.05. The summed E-state index contributed by atoms with van der Waals surface area (Å²) in [6.07, 6.45) is 2.37. The van der Waals surface area contributed by atoms with Crippen molar-refractivity contribution in [3.8, 4) is 5.75 Å². The molecule has 0 fully saturated rings. The Morgan fingerprint density at radius 2 is 1.84 bits per heavy atom. The molecule has 0 bridgehead atoms. The van der Waals surface area contributed by atoms with Crippen LogP contribution in [0.5, 0.6) is 5.75 Å². The number of carbonyl (C=O) groups is 1. The third-order valence-corrected chi connectivity index (χ3v) is 4.05. The van der Waals surface area contributed by atoms with Gasteiger partial charge in [-0.1, -0.05) is 37.3 Å². The highest BCUT2D eigenvalue weighted by Crippen LogP contribution is 2.18. The van der Waals surface area contributed by atoms with Crippen LogP contribution >= 0.6 is 0 Å². The Morgan fingerprint density at radius 1 is 1.12 bits per heavy atom. The molecule has 3 aromatic rings. The quantitative estimate of drug-likeness (QED) is 0.746. The van der Waals surface area contributed by atoms with Gasteiger partial charge in [0.2, 0.25) is 0 Å². The summed E-state index contributed by atoms with van der Waals surface area (Å²) in [5.41, 5.74) is 3.41. The van der Waals surface area contributed by atoms with Crippen LogP contribution < -0.4 is 10.1 Å². The molecule has 0 aliphatic heterocycles. The van der Waals surface area contributed by atoms with E-state index < -0.39 is 0 Å². The molecule has 0 saturated carbocycles. The number of ether oxygens (including phenoxy) is 1. The van der Waals surface area contributed by atoms with Gasteiger partial charge in [0.05, 0.1) is 31.1 Å². The van der Waals surface area contributed by atoms with E-state index in [9.17, 15) is 4.79 Å². The third kappa shape index (κ3) is 3.88.